The summed E-state index contributed by atoms with van der Waals surface area (Å²) >= 11 is 0. The van der Waals surface area contributed by atoms with Crippen molar-refractivity contribution in [3.05, 3.63) is 77.9 Å². The van der Waals surface area contributed by atoms with Gasteiger partial charge in [0, 0.05) is 25.1 Å². The number of amides is 2. The number of anilines is 1. The Hall–Kier alpha value is -3.28. The van der Waals surface area contributed by atoms with Gasteiger partial charge < -0.3 is 19.9 Å². The molecule has 3 rings (SSSR count). The number of rotatable bonds is 5. The van der Waals surface area contributed by atoms with E-state index in [1.54, 1.807) is 13.3 Å². The molecule has 2 amide bonds. The number of nitrogens with zero attached hydrogens (tertiary/aromatic N) is 2. The number of hydrogen-bond donors (Lipinski definition) is 2. The lowest BCUT2D eigenvalue weighted by molar-refractivity contribution is 0.249. The SMILES string of the molecule is COc1cccc([C@@H](NC(=O)Nc2ccc(C)cc2)c2nccn2C)c1. The van der Waals surface area contributed by atoms with Gasteiger partial charge in [-0.3, -0.25) is 0 Å². The van der Waals surface area contributed by atoms with Crippen molar-refractivity contribution in [1.29, 1.82) is 0 Å². The van der Waals surface area contributed by atoms with Gasteiger partial charge in [0.05, 0.1) is 7.11 Å². The van der Waals surface area contributed by atoms with Crippen LogP contribution < -0.4 is 15.4 Å². The molecule has 0 saturated carbocycles. The molecule has 0 radical (unpaired) electrons. The Balaban J connectivity index is 1.85. The minimum absolute atomic E-state index is 0.301. The third-order valence-electron chi connectivity index (χ3n) is 4.13. The molecule has 0 unspecified atom stereocenters. The molecule has 0 spiro atoms. The zero-order valence-corrected chi connectivity index (χ0v) is 15.1. The Morgan fingerprint density at radius 2 is 1.96 bits per heavy atom. The number of ether oxygens (including phenoxy) is 1. The number of aryl methyl sites for hydroxylation is 2. The summed E-state index contributed by atoms with van der Waals surface area (Å²) in [4.78, 5) is 17.0. The summed E-state index contributed by atoms with van der Waals surface area (Å²) in [6.07, 6.45) is 3.56. The number of benzene rings is 2. The quantitative estimate of drug-likeness (QED) is 0.738. The molecule has 6 nitrogen and oxygen atoms in total. The number of carbonyl (C=O) groups is 1. The van der Waals surface area contributed by atoms with Crippen molar-refractivity contribution in [3.63, 3.8) is 0 Å². The van der Waals surface area contributed by atoms with Gasteiger partial charge in [0.2, 0.25) is 0 Å². The number of aromatic nitrogens is 2. The van der Waals surface area contributed by atoms with Crippen LogP contribution in [0.4, 0.5) is 10.5 Å². The molecular weight excluding hydrogens is 328 g/mol. The maximum Gasteiger partial charge on any atom is 0.320 e. The zero-order chi connectivity index (χ0) is 18.5. The molecule has 6 heteroatoms. The van der Waals surface area contributed by atoms with Crippen LogP contribution in [0.25, 0.3) is 0 Å². The van der Waals surface area contributed by atoms with Crippen molar-refractivity contribution in [2.24, 2.45) is 7.05 Å². The third-order valence-corrected chi connectivity index (χ3v) is 4.13. The molecule has 26 heavy (non-hydrogen) atoms. The Bertz CT molecular complexity index is 887. The van der Waals surface area contributed by atoms with Crippen LogP contribution in [0.2, 0.25) is 0 Å². The molecule has 134 valence electrons. The number of imidazole rings is 1. The van der Waals surface area contributed by atoms with Crippen LogP contribution >= 0.6 is 0 Å². The molecule has 3 aromatic rings. The van der Waals surface area contributed by atoms with Crippen LogP contribution in [0, 0.1) is 6.92 Å². The molecule has 1 atom stereocenters. The van der Waals surface area contributed by atoms with E-state index < -0.39 is 6.04 Å². The Kier molecular flexibility index (Phi) is 5.22. The van der Waals surface area contributed by atoms with Gasteiger partial charge in [0.1, 0.15) is 17.6 Å². The first-order chi connectivity index (χ1) is 12.6. The highest BCUT2D eigenvalue weighted by Gasteiger charge is 2.21. The fraction of sp³-hybridized carbons (Fsp3) is 0.200. The van der Waals surface area contributed by atoms with Gasteiger partial charge in [-0.2, -0.15) is 0 Å². The topological polar surface area (TPSA) is 68.2 Å². The first-order valence-electron chi connectivity index (χ1n) is 8.32. The van der Waals surface area contributed by atoms with Crippen molar-refractivity contribution < 1.29 is 9.53 Å². The van der Waals surface area contributed by atoms with Crippen molar-refractivity contribution in [3.8, 4) is 5.75 Å². The molecule has 0 fully saturated rings. The molecule has 1 heterocycles. The van der Waals surface area contributed by atoms with Gasteiger partial charge in [-0.15, -0.1) is 0 Å². The van der Waals surface area contributed by atoms with Gasteiger partial charge in [-0.25, -0.2) is 9.78 Å². The average Bonchev–Trinajstić information content (AvgIpc) is 3.07. The predicted octanol–water partition coefficient (Wildman–Crippen LogP) is 3.65. The third kappa shape index (κ3) is 4.03. The molecular formula is C20H22N4O2. The lowest BCUT2D eigenvalue weighted by Crippen LogP contribution is -2.34. The zero-order valence-electron chi connectivity index (χ0n) is 15.1. The smallest absolute Gasteiger partial charge is 0.320 e. The van der Waals surface area contributed by atoms with E-state index in [1.165, 1.54) is 0 Å². The molecule has 0 aliphatic heterocycles. The Morgan fingerprint density at radius 1 is 1.19 bits per heavy atom. The molecule has 0 saturated heterocycles. The summed E-state index contributed by atoms with van der Waals surface area (Å²) in [7, 11) is 3.52. The molecule has 0 bridgehead atoms. The summed E-state index contributed by atoms with van der Waals surface area (Å²) in [6, 6.07) is 14.5. The fourth-order valence-electron chi connectivity index (χ4n) is 2.71. The summed E-state index contributed by atoms with van der Waals surface area (Å²) in [5.41, 5.74) is 2.76. The lowest BCUT2D eigenvalue weighted by Gasteiger charge is -2.20. The van der Waals surface area contributed by atoms with Gasteiger partial charge >= 0.3 is 6.03 Å². The van der Waals surface area contributed by atoms with E-state index in [4.69, 9.17) is 4.74 Å². The van der Waals surface area contributed by atoms with Crippen LogP contribution in [0.15, 0.2) is 60.9 Å². The van der Waals surface area contributed by atoms with E-state index in [1.807, 2.05) is 73.3 Å². The van der Waals surface area contributed by atoms with Crippen molar-refractivity contribution >= 4 is 11.7 Å². The standard InChI is InChI=1S/C20H22N4O2/c1-14-7-9-16(10-8-14)22-20(25)23-18(19-21-11-12-24(19)2)15-5-4-6-17(13-15)26-3/h4-13,18H,1-3H3,(H2,22,23,25)/t18-/m1/s1. The van der Waals surface area contributed by atoms with E-state index in [-0.39, 0.29) is 6.03 Å². The van der Waals surface area contributed by atoms with Gasteiger partial charge in [-0.05, 0) is 36.8 Å². The number of carbonyl (C=O) groups excluding carboxylic acids is 1. The second-order valence-electron chi connectivity index (χ2n) is 6.07. The van der Waals surface area contributed by atoms with E-state index in [0.29, 0.717) is 0 Å². The van der Waals surface area contributed by atoms with E-state index >= 15 is 0 Å². The number of methoxy groups -OCH3 is 1. The molecule has 0 aliphatic rings. The molecule has 2 aromatic carbocycles. The minimum atomic E-state index is -0.407. The highest BCUT2D eigenvalue weighted by molar-refractivity contribution is 5.89. The van der Waals surface area contributed by atoms with Gasteiger partial charge in [0.25, 0.3) is 0 Å². The first-order valence-corrected chi connectivity index (χ1v) is 8.32. The van der Waals surface area contributed by atoms with Crippen LogP contribution in [-0.4, -0.2) is 22.7 Å². The normalized spacial score (nSPS) is 11.7. The lowest BCUT2D eigenvalue weighted by atomic mass is 10.1. The Labute approximate surface area is 152 Å². The van der Waals surface area contributed by atoms with Crippen LogP contribution in [0.1, 0.15) is 23.0 Å². The monoisotopic (exact) mass is 350 g/mol. The van der Waals surface area contributed by atoms with Crippen molar-refractivity contribution in [2.75, 3.05) is 12.4 Å². The largest absolute Gasteiger partial charge is 0.497 e. The summed E-state index contributed by atoms with van der Waals surface area (Å²) < 4.78 is 7.19. The van der Waals surface area contributed by atoms with Gasteiger partial charge in [0.15, 0.2) is 0 Å². The molecule has 0 aliphatic carbocycles. The fourth-order valence-corrected chi connectivity index (χ4v) is 2.71. The maximum absolute atomic E-state index is 12.6. The molecule has 2 N–H and O–H groups in total. The Morgan fingerprint density at radius 3 is 2.62 bits per heavy atom. The summed E-state index contributed by atoms with van der Waals surface area (Å²) in [5.74, 6) is 1.46. The molecule has 1 aromatic heterocycles. The van der Waals surface area contributed by atoms with Gasteiger partial charge in [-0.1, -0.05) is 29.8 Å². The highest BCUT2D eigenvalue weighted by atomic mass is 16.5. The van der Waals surface area contributed by atoms with E-state index in [2.05, 4.69) is 15.6 Å². The van der Waals surface area contributed by atoms with Crippen LogP contribution in [-0.2, 0) is 7.05 Å². The van der Waals surface area contributed by atoms with E-state index in [9.17, 15) is 4.79 Å². The average molecular weight is 350 g/mol. The number of urea groups is 1. The number of nitrogens with one attached hydrogen (secondary N) is 2. The minimum Gasteiger partial charge on any atom is -0.497 e. The van der Waals surface area contributed by atoms with Crippen molar-refractivity contribution in [1.82, 2.24) is 14.9 Å². The van der Waals surface area contributed by atoms with Crippen LogP contribution in [0.3, 0.4) is 0 Å². The summed E-state index contributed by atoms with van der Waals surface area (Å²) in [6.45, 7) is 2.00. The van der Waals surface area contributed by atoms with Crippen LogP contribution in [0.5, 0.6) is 5.75 Å². The van der Waals surface area contributed by atoms with Crippen molar-refractivity contribution in [2.45, 2.75) is 13.0 Å². The summed E-state index contributed by atoms with van der Waals surface area (Å²) in [5, 5.41) is 5.86. The second-order valence-corrected chi connectivity index (χ2v) is 6.07. The highest BCUT2D eigenvalue weighted by Crippen LogP contribution is 2.24. The predicted molar refractivity (Wildman–Crippen MR) is 101 cm³/mol. The second kappa shape index (κ2) is 7.74. The van der Waals surface area contributed by atoms with E-state index in [0.717, 1.165) is 28.4 Å². The maximum atomic E-state index is 12.6. The first kappa shape index (κ1) is 17.5. The number of hydrogen-bond acceptors (Lipinski definition) is 3.